The van der Waals surface area contributed by atoms with Gasteiger partial charge in [-0.25, -0.2) is 4.39 Å². The van der Waals surface area contributed by atoms with E-state index in [9.17, 15) is 19.1 Å². The number of nitrogens with zero attached hydrogens (tertiary/aromatic N) is 1. The number of carbonyl (C=O) groups is 2. The number of benzene rings is 2. The average molecular weight is 367 g/mol. The first-order valence-electron chi connectivity index (χ1n) is 8.39. The lowest BCUT2D eigenvalue weighted by Crippen LogP contribution is -2.34. The summed E-state index contributed by atoms with van der Waals surface area (Å²) in [6.45, 7) is -0.00599. The molecule has 0 saturated carbocycles. The summed E-state index contributed by atoms with van der Waals surface area (Å²) in [6, 6.07) is 16.5. The van der Waals surface area contributed by atoms with E-state index < -0.39 is 17.8 Å². The maximum absolute atomic E-state index is 13.0. The van der Waals surface area contributed by atoms with E-state index in [1.165, 1.54) is 18.2 Å². The summed E-state index contributed by atoms with van der Waals surface area (Å²) in [5.74, 6) is -2.52. The molecule has 138 valence electrons. The molecule has 0 saturated heterocycles. The summed E-state index contributed by atoms with van der Waals surface area (Å²) in [5, 5.41) is 18.7. The number of hydrogen-bond donors (Lipinski definition) is 3. The van der Waals surface area contributed by atoms with Crippen LogP contribution in [-0.2, 0) is 11.2 Å². The SMILES string of the molecule is O=C(NCC(Cc1ccccc1)C(=O)O)c1cc(-c2ccc(F)cc2)n[nH]1. The number of carbonyl (C=O) groups excluding carboxylic acids is 1. The summed E-state index contributed by atoms with van der Waals surface area (Å²) in [4.78, 5) is 23.8. The molecule has 0 spiro atoms. The van der Waals surface area contributed by atoms with Gasteiger partial charge in [0.25, 0.3) is 5.91 Å². The number of carboxylic acid groups (broad SMARTS) is 1. The van der Waals surface area contributed by atoms with E-state index in [4.69, 9.17) is 0 Å². The number of rotatable bonds is 7. The lowest BCUT2D eigenvalue weighted by Gasteiger charge is -2.13. The van der Waals surface area contributed by atoms with Crippen molar-refractivity contribution < 1.29 is 19.1 Å². The van der Waals surface area contributed by atoms with Crippen molar-refractivity contribution in [3.8, 4) is 11.3 Å². The third-order valence-electron chi connectivity index (χ3n) is 4.15. The molecule has 0 aliphatic rings. The lowest BCUT2D eigenvalue weighted by atomic mass is 9.99. The van der Waals surface area contributed by atoms with Crippen LogP contribution in [0.4, 0.5) is 4.39 Å². The van der Waals surface area contributed by atoms with Crippen molar-refractivity contribution in [2.24, 2.45) is 5.92 Å². The second-order valence-electron chi connectivity index (χ2n) is 6.11. The number of hydrogen-bond acceptors (Lipinski definition) is 3. The molecule has 0 bridgehead atoms. The van der Waals surface area contributed by atoms with Crippen LogP contribution >= 0.6 is 0 Å². The summed E-state index contributed by atoms with van der Waals surface area (Å²) in [7, 11) is 0. The van der Waals surface area contributed by atoms with Crippen LogP contribution in [-0.4, -0.2) is 33.7 Å². The Balaban J connectivity index is 1.62. The first kappa shape index (κ1) is 18.3. The smallest absolute Gasteiger partial charge is 0.308 e. The van der Waals surface area contributed by atoms with E-state index in [-0.39, 0.29) is 18.1 Å². The van der Waals surface area contributed by atoms with Gasteiger partial charge in [-0.1, -0.05) is 30.3 Å². The minimum absolute atomic E-state index is 0.00599. The Labute approximate surface area is 155 Å². The van der Waals surface area contributed by atoms with E-state index in [1.54, 1.807) is 12.1 Å². The predicted molar refractivity (Wildman–Crippen MR) is 97.6 cm³/mol. The molecule has 1 amide bonds. The van der Waals surface area contributed by atoms with E-state index in [0.717, 1.165) is 5.56 Å². The molecule has 2 aromatic carbocycles. The highest BCUT2D eigenvalue weighted by Crippen LogP contribution is 2.18. The van der Waals surface area contributed by atoms with Crippen LogP contribution in [0, 0.1) is 11.7 Å². The van der Waals surface area contributed by atoms with E-state index >= 15 is 0 Å². The van der Waals surface area contributed by atoms with Crippen molar-refractivity contribution in [3.05, 3.63) is 77.7 Å². The second kappa shape index (κ2) is 8.27. The minimum atomic E-state index is -0.976. The van der Waals surface area contributed by atoms with Gasteiger partial charge in [0.05, 0.1) is 11.6 Å². The van der Waals surface area contributed by atoms with Gasteiger partial charge in [-0.15, -0.1) is 0 Å². The van der Waals surface area contributed by atoms with Gasteiger partial charge in [-0.2, -0.15) is 5.10 Å². The van der Waals surface area contributed by atoms with E-state index in [2.05, 4.69) is 15.5 Å². The standard InChI is InChI=1S/C20H18FN3O3/c21-16-8-6-14(7-9-16)17-11-18(24-23-17)19(25)22-12-15(20(26)27)10-13-4-2-1-3-5-13/h1-9,11,15H,10,12H2,(H,22,25)(H,23,24)(H,26,27). The van der Waals surface area contributed by atoms with E-state index in [0.29, 0.717) is 17.7 Å². The van der Waals surface area contributed by atoms with Crippen molar-refractivity contribution >= 4 is 11.9 Å². The first-order chi connectivity index (χ1) is 13.0. The number of aromatic amines is 1. The zero-order valence-electron chi connectivity index (χ0n) is 14.4. The fraction of sp³-hybridized carbons (Fsp3) is 0.150. The second-order valence-corrected chi connectivity index (χ2v) is 6.11. The van der Waals surface area contributed by atoms with Gasteiger partial charge >= 0.3 is 5.97 Å². The van der Waals surface area contributed by atoms with Crippen molar-refractivity contribution in [2.75, 3.05) is 6.54 Å². The number of nitrogens with one attached hydrogen (secondary N) is 2. The van der Waals surface area contributed by atoms with Crippen LogP contribution in [0.5, 0.6) is 0 Å². The largest absolute Gasteiger partial charge is 0.481 e. The minimum Gasteiger partial charge on any atom is -0.481 e. The number of H-pyrrole nitrogens is 1. The molecule has 0 fully saturated rings. The van der Waals surface area contributed by atoms with Crippen molar-refractivity contribution in [3.63, 3.8) is 0 Å². The van der Waals surface area contributed by atoms with Gasteiger partial charge in [0.2, 0.25) is 0 Å². The molecular weight excluding hydrogens is 349 g/mol. The molecule has 0 aliphatic heterocycles. The Bertz CT molecular complexity index is 923. The monoisotopic (exact) mass is 367 g/mol. The van der Waals surface area contributed by atoms with Crippen molar-refractivity contribution in [1.82, 2.24) is 15.5 Å². The molecule has 0 aliphatic carbocycles. The van der Waals surface area contributed by atoms with Crippen LogP contribution in [0.25, 0.3) is 11.3 Å². The third kappa shape index (κ3) is 4.78. The first-order valence-corrected chi connectivity index (χ1v) is 8.39. The Morgan fingerprint density at radius 3 is 2.48 bits per heavy atom. The summed E-state index contributed by atoms with van der Waals surface area (Å²) in [6.07, 6.45) is 0.320. The van der Waals surface area contributed by atoms with Crippen LogP contribution in [0.1, 0.15) is 16.1 Å². The van der Waals surface area contributed by atoms with Gasteiger partial charge in [0.1, 0.15) is 11.5 Å². The molecule has 3 N–H and O–H groups in total. The Morgan fingerprint density at radius 2 is 1.81 bits per heavy atom. The van der Waals surface area contributed by atoms with Gasteiger partial charge in [0, 0.05) is 12.1 Å². The van der Waals surface area contributed by atoms with Crippen LogP contribution in [0.15, 0.2) is 60.7 Å². The fourth-order valence-corrected chi connectivity index (χ4v) is 2.66. The number of aromatic nitrogens is 2. The lowest BCUT2D eigenvalue weighted by molar-refractivity contribution is -0.141. The van der Waals surface area contributed by atoms with Gasteiger partial charge in [0.15, 0.2) is 0 Å². The van der Waals surface area contributed by atoms with E-state index in [1.807, 2.05) is 30.3 Å². The molecule has 1 heterocycles. The quantitative estimate of drug-likeness (QED) is 0.598. The Morgan fingerprint density at radius 1 is 1.11 bits per heavy atom. The maximum atomic E-state index is 13.0. The molecule has 1 aromatic heterocycles. The molecule has 3 aromatic rings. The summed E-state index contributed by atoms with van der Waals surface area (Å²) in [5.41, 5.74) is 2.26. The van der Waals surface area contributed by atoms with Crippen LogP contribution in [0.3, 0.4) is 0 Å². The molecule has 27 heavy (non-hydrogen) atoms. The normalized spacial score (nSPS) is 11.7. The number of halogens is 1. The fourth-order valence-electron chi connectivity index (χ4n) is 2.66. The average Bonchev–Trinajstić information content (AvgIpc) is 3.16. The zero-order chi connectivity index (χ0) is 19.2. The predicted octanol–water partition coefficient (Wildman–Crippen LogP) is 2.89. The Kier molecular flexibility index (Phi) is 5.61. The topological polar surface area (TPSA) is 95.1 Å². The molecule has 3 rings (SSSR count). The number of carboxylic acids is 1. The van der Waals surface area contributed by atoms with Gasteiger partial charge in [-0.05, 0) is 42.3 Å². The van der Waals surface area contributed by atoms with Crippen LogP contribution < -0.4 is 5.32 Å². The van der Waals surface area contributed by atoms with Crippen molar-refractivity contribution in [2.45, 2.75) is 6.42 Å². The molecule has 7 heteroatoms. The molecular formula is C20H18FN3O3. The third-order valence-corrected chi connectivity index (χ3v) is 4.15. The Hall–Kier alpha value is -3.48. The number of aliphatic carboxylic acids is 1. The highest BCUT2D eigenvalue weighted by atomic mass is 19.1. The van der Waals surface area contributed by atoms with Crippen molar-refractivity contribution in [1.29, 1.82) is 0 Å². The number of amides is 1. The molecule has 6 nitrogen and oxygen atoms in total. The highest BCUT2D eigenvalue weighted by molar-refractivity contribution is 5.93. The summed E-state index contributed by atoms with van der Waals surface area (Å²) >= 11 is 0. The maximum Gasteiger partial charge on any atom is 0.308 e. The van der Waals surface area contributed by atoms with Gasteiger partial charge < -0.3 is 10.4 Å². The van der Waals surface area contributed by atoms with Gasteiger partial charge in [-0.3, -0.25) is 14.7 Å². The zero-order valence-corrected chi connectivity index (χ0v) is 14.4. The molecule has 0 radical (unpaired) electrons. The van der Waals surface area contributed by atoms with Crippen LogP contribution in [0.2, 0.25) is 0 Å². The summed E-state index contributed by atoms with van der Waals surface area (Å²) < 4.78 is 13.0. The molecule has 1 atom stereocenters. The molecule has 1 unspecified atom stereocenters. The highest BCUT2D eigenvalue weighted by Gasteiger charge is 2.20.